The Bertz CT molecular complexity index is 638. The molecule has 0 saturated heterocycles. The van der Waals surface area contributed by atoms with E-state index in [2.05, 4.69) is 6.92 Å². The zero-order valence-electron chi connectivity index (χ0n) is 12.1. The number of halogens is 4. The van der Waals surface area contributed by atoms with E-state index in [9.17, 15) is 13.2 Å². The second-order valence-electron chi connectivity index (χ2n) is 4.98. The Hall–Kier alpha value is -1.13. The van der Waals surface area contributed by atoms with Gasteiger partial charge in [0.15, 0.2) is 0 Å². The lowest BCUT2D eigenvalue weighted by Gasteiger charge is -2.09. The van der Waals surface area contributed by atoms with Crippen molar-refractivity contribution in [2.24, 2.45) is 0 Å². The Morgan fingerprint density at radius 1 is 1.05 bits per heavy atom. The molecule has 5 heteroatoms. The number of benzene rings is 2. The van der Waals surface area contributed by atoms with Gasteiger partial charge in [-0.05, 0) is 48.7 Å². The third-order valence-corrected chi connectivity index (χ3v) is 4.55. The number of alkyl halides is 3. The van der Waals surface area contributed by atoms with Gasteiger partial charge in [-0.2, -0.15) is 13.2 Å². The van der Waals surface area contributed by atoms with E-state index in [1.165, 1.54) is 17.8 Å². The predicted octanol–water partition coefficient (Wildman–Crippen LogP) is 6.85. The van der Waals surface area contributed by atoms with Gasteiger partial charge in [0.05, 0.1) is 5.56 Å². The molecule has 0 aliphatic heterocycles. The summed E-state index contributed by atoms with van der Waals surface area (Å²) in [5, 5.41) is 0.672. The molecule has 22 heavy (non-hydrogen) atoms. The molecule has 2 aromatic rings. The van der Waals surface area contributed by atoms with Crippen LogP contribution >= 0.6 is 23.4 Å². The van der Waals surface area contributed by atoms with Gasteiger partial charge >= 0.3 is 6.18 Å². The molecule has 0 fully saturated rings. The van der Waals surface area contributed by atoms with Gasteiger partial charge in [-0.1, -0.05) is 48.8 Å². The molecule has 2 aromatic carbocycles. The van der Waals surface area contributed by atoms with Crippen molar-refractivity contribution >= 4 is 23.4 Å². The van der Waals surface area contributed by atoms with Crippen LogP contribution in [0.1, 0.15) is 30.9 Å². The maximum absolute atomic E-state index is 12.7. The molecule has 0 radical (unpaired) electrons. The summed E-state index contributed by atoms with van der Waals surface area (Å²) in [4.78, 5) is 1.39. The standard InChI is InChI=1S/C17H16ClF3S/c1-2-3-5-12-8-9-15(11-16(12)18)22-14-7-4-6-13(10-14)17(19,20)21/h4,6-11H,2-3,5H2,1H3. The first kappa shape index (κ1) is 17.2. The fraction of sp³-hybridized carbons (Fsp3) is 0.294. The summed E-state index contributed by atoms with van der Waals surface area (Å²) in [6, 6.07) is 11.0. The summed E-state index contributed by atoms with van der Waals surface area (Å²) < 4.78 is 38.1. The van der Waals surface area contributed by atoms with Crippen LogP contribution in [0.15, 0.2) is 52.3 Å². The fourth-order valence-corrected chi connectivity index (χ4v) is 3.29. The first-order valence-electron chi connectivity index (χ1n) is 7.03. The van der Waals surface area contributed by atoms with E-state index in [0.717, 1.165) is 41.9 Å². The van der Waals surface area contributed by atoms with E-state index in [1.54, 1.807) is 6.07 Å². The average Bonchev–Trinajstić information content (AvgIpc) is 2.46. The smallest absolute Gasteiger partial charge is 0.166 e. The summed E-state index contributed by atoms with van der Waals surface area (Å²) in [6.07, 6.45) is -1.24. The van der Waals surface area contributed by atoms with Gasteiger partial charge in [0.2, 0.25) is 0 Å². The minimum atomic E-state index is -4.32. The van der Waals surface area contributed by atoms with Crippen molar-refractivity contribution in [3.63, 3.8) is 0 Å². The van der Waals surface area contributed by atoms with Gasteiger partial charge in [-0.15, -0.1) is 0 Å². The normalized spacial score (nSPS) is 11.7. The van der Waals surface area contributed by atoms with E-state index in [0.29, 0.717) is 9.92 Å². The van der Waals surface area contributed by atoms with Crippen LogP contribution in [-0.2, 0) is 12.6 Å². The molecule has 0 bridgehead atoms. The molecule has 0 aliphatic carbocycles. The number of rotatable bonds is 5. The molecule has 118 valence electrons. The largest absolute Gasteiger partial charge is 0.416 e. The van der Waals surface area contributed by atoms with Crippen LogP contribution in [0.5, 0.6) is 0 Å². The lowest BCUT2D eigenvalue weighted by molar-refractivity contribution is -0.137. The van der Waals surface area contributed by atoms with E-state index in [4.69, 9.17) is 11.6 Å². The second kappa shape index (κ2) is 7.42. The Morgan fingerprint density at radius 2 is 1.77 bits per heavy atom. The second-order valence-corrected chi connectivity index (χ2v) is 6.54. The summed E-state index contributed by atoms with van der Waals surface area (Å²) in [5.74, 6) is 0. The van der Waals surface area contributed by atoms with Gasteiger partial charge in [0.25, 0.3) is 0 Å². The Morgan fingerprint density at radius 3 is 2.41 bits per heavy atom. The van der Waals surface area contributed by atoms with E-state index in [-0.39, 0.29) is 0 Å². The van der Waals surface area contributed by atoms with Crippen molar-refractivity contribution in [1.29, 1.82) is 0 Å². The molecular formula is C17H16ClF3S. The highest BCUT2D eigenvalue weighted by Gasteiger charge is 2.30. The van der Waals surface area contributed by atoms with Crippen LogP contribution in [0.25, 0.3) is 0 Å². The number of aryl methyl sites for hydroxylation is 1. The molecule has 0 saturated carbocycles. The zero-order chi connectivity index (χ0) is 16.2. The molecule has 2 rings (SSSR count). The Balaban J connectivity index is 2.16. The highest BCUT2D eigenvalue weighted by atomic mass is 35.5. The third-order valence-electron chi connectivity index (χ3n) is 3.22. The zero-order valence-corrected chi connectivity index (χ0v) is 13.7. The Labute approximate surface area is 137 Å². The summed E-state index contributed by atoms with van der Waals surface area (Å²) in [5.41, 5.74) is 0.445. The molecule has 0 aromatic heterocycles. The van der Waals surface area contributed by atoms with Gasteiger partial charge in [-0.3, -0.25) is 0 Å². The first-order valence-corrected chi connectivity index (χ1v) is 8.23. The molecular weight excluding hydrogens is 329 g/mol. The van der Waals surface area contributed by atoms with Gasteiger partial charge in [0.1, 0.15) is 0 Å². The maximum Gasteiger partial charge on any atom is 0.416 e. The maximum atomic E-state index is 12.7. The summed E-state index contributed by atoms with van der Waals surface area (Å²) in [7, 11) is 0. The van der Waals surface area contributed by atoms with E-state index < -0.39 is 11.7 Å². The van der Waals surface area contributed by atoms with Crippen molar-refractivity contribution < 1.29 is 13.2 Å². The molecule has 0 atom stereocenters. The van der Waals surface area contributed by atoms with Crippen LogP contribution in [0.2, 0.25) is 5.02 Å². The highest BCUT2D eigenvalue weighted by molar-refractivity contribution is 7.99. The van der Waals surface area contributed by atoms with Crippen LogP contribution in [0.4, 0.5) is 13.2 Å². The van der Waals surface area contributed by atoms with Crippen LogP contribution in [0, 0.1) is 0 Å². The fourth-order valence-electron chi connectivity index (χ4n) is 2.03. The summed E-state index contributed by atoms with van der Waals surface area (Å²) in [6.45, 7) is 2.12. The van der Waals surface area contributed by atoms with Crippen molar-refractivity contribution in [2.75, 3.05) is 0 Å². The lowest BCUT2D eigenvalue weighted by atomic mass is 10.1. The third kappa shape index (κ3) is 4.68. The lowest BCUT2D eigenvalue weighted by Crippen LogP contribution is -2.04. The monoisotopic (exact) mass is 344 g/mol. The molecule has 0 aliphatic rings. The van der Waals surface area contributed by atoms with Crippen molar-refractivity contribution in [3.05, 3.63) is 58.6 Å². The number of hydrogen-bond acceptors (Lipinski definition) is 1. The molecule has 0 heterocycles. The van der Waals surface area contributed by atoms with Crippen LogP contribution < -0.4 is 0 Å². The van der Waals surface area contributed by atoms with Gasteiger partial charge in [0, 0.05) is 14.8 Å². The van der Waals surface area contributed by atoms with Gasteiger partial charge < -0.3 is 0 Å². The van der Waals surface area contributed by atoms with Crippen molar-refractivity contribution in [3.8, 4) is 0 Å². The van der Waals surface area contributed by atoms with Crippen molar-refractivity contribution in [1.82, 2.24) is 0 Å². The summed E-state index contributed by atoms with van der Waals surface area (Å²) >= 11 is 7.52. The first-order chi connectivity index (χ1) is 10.4. The topological polar surface area (TPSA) is 0 Å². The minimum Gasteiger partial charge on any atom is -0.166 e. The molecule has 0 N–H and O–H groups in total. The highest BCUT2D eigenvalue weighted by Crippen LogP contribution is 2.35. The average molecular weight is 345 g/mol. The minimum absolute atomic E-state index is 0.548. The molecule has 0 nitrogen and oxygen atoms in total. The van der Waals surface area contributed by atoms with E-state index in [1.807, 2.05) is 18.2 Å². The Kier molecular flexibility index (Phi) is 5.81. The van der Waals surface area contributed by atoms with Crippen molar-refractivity contribution in [2.45, 2.75) is 42.2 Å². The van der Waals surface area contributed by atoms with Crippen LogP contribution in [0.3, 0.4) is 0 Å². The molecule has 0 spiro atoms. The van der Waals surface area contributed by atoms with Gasteiger partial charge in [-0.25, -0.2) is 0 Å². The predicted molar refractivity (Wildman–Crippen MR) is 85.6 cm³/mol. The quantitative estimate of drug-likeness (QED) is 0.571. The SMILES string of the molecule is CCCCc1ccc(Sc2cccc(C(F)(F)F)c2)cc1Cl. The molecule has 0 amide bonds. The number of unbranched alkanes of at least 4 members (excludes halogenated alkanes) is 1. The number of hydrogen-bond donors (Lipinski definition) is 0. The van der Waals surface area contributed by atoms with Crippen LogP contribution in [-0.4, -0.2) is 0 Å². The van der Waals surface area contributed by atoms with E-state index >= 15 is 0 Å². The molecule has 0 unspecified atom stereocenters.